The number of fused-ring (bicyclic) bond motifs is 1. The van der Waals surface area contributed by atoms with Gasteiger partial charge < -0.3 is 9.64 Å². The SMILES string of the molecule is O=C(Cc1cccc2ccccc12)N1CCCN(C2CCOC2)CC1. The van der Waals surface area contributed by atoms with Crippen LogP contribution in [-0.2, 0) is 16.0 Å². The standard InChI is InChI=1S/C21H26N2O2/c24-21(15-18-7-3-6-17-5-1-2-8-20(17)18)23-11-4-10-22(12-13-23)19-9-14-25-16-19/h1-3,5-8,19H,4,9-16H2. The van der Waals surface area contributed by atoms with Gasteiger partial charge in [0.15, 0.2) is 0 Å². The van der Waals surface area contributed by atoms with Crippen molar-refractivity contribution in [2.75, 3.05) is 39.4 Å². The topological polar surface area (TPSA) is 32.8 Å². The third-order valence-electron chi connectivity index (χ3n) is 5.53. The Hall–Kier alpha value is -1.91. The summed E-state index contributed by atoms with van der Waals surface area (Å²) in [7, 11) is 0. The third kappa shape index (κ3) is 3.70. The summed E-state index contributed by atoms with van der Waals surface area (Å²) in [5.41, 5.74) is 1.13. The van der Waals surface area contributed by atoms with E-state index in [-0.39, 0.29) is 5.91 Å². The van der Waals surface area contributed by atoms with Crippen molar-refractivity contribution in [2.45, 2.75) is 25.3 Å². The van der Waals surface area contributed by atoms with Crippen molar-refractivity contribution >= 4 is 16.7 Å². The fraction of sp³-hybridized carbons (Fsp3) is 0.476. The number of rotatable bonds is 3. The van der Waals surface area contributed by atoms with Crippen LogP contribution in [0.1, 0.15) is 18.4 Å². The Bertz CT molecular complexity index is 734. The number of ether oxygens (including phenoxy) is 1. The normalized spacial score (nSPS) is 22.2. The lowest BCUT2D eigenvalue weighted by molar-refractivity contribution is -0.130. The molecule has 2 aliphatic heterocycles. The van der Waals surface area contributed by atoms with Gasteiger partial charge in [-0.15, -0.1) is 0 Å². The van der Waals surface area contributed by atoms with Gasteiger partial charge in [0, 0.05) is 38.8 Å². The minimum atomic E-state index is 0.251. The van der Waals surface area contributed by atoms with Crippen molar-refractivity contribution in [3.63, 3.8) is 0 Å². The van der Waals surface area contributed by atoms with Crippen molar-refractivity contribution in [1.82, 2.24) is 9.80 Å². The van der Waals surface area contributed by atoms with E-state index >= 15 is 0 Å². The van der Waals surface area contributed by atoms with E-state index < -0.39 is 0 Å². The molecule has 0 N–H and O–H groups in total. The third-order valence-corrected chi connectivity index (χ3v) is 5.53. The predicted molar refractivity (Wildman–Crippen MR) is 99.6 cm³/mol. The number of hydrogen-bond acceptors (Lipinski definition) is 3. The van der Waals surface area contributed by atoms with E-state index in [0.717, 1.165) is 57.8 Å². The second-order valence-electron chi connectivity index (χ2n) is 7.10. The Labute approximate surface area is 149 Å². The minimum absolute atomic E-state index is 0.251. The Kier molecular flexibility index (Phi) is 4.99. The highest BCUT2D eigenvalue weighted by atomic mass is 16.5. The average molecular weight is 338 g/mol. The molecule has 0 spiro atoms. The van der Waals surface area contributed by atoms with Crippen LogP contribution in [0.4, 0.5) is 0 Å². The van der Waals surface area contributed by atoms with E-state index in [4.69, 9.17) is 4.74 Å². The molecule has 2 aromatic carbocycles. The molecule has 2 heterocycles. The molecule has 1 amide bonds. The number of nitrogens with zero attached hydrogens (tertiary/aromatic N) is 2. The second kappa shape index (κ2) is 7.54. The summed E-state index contributed by atoms with van der Waals surface area (Å²) in [6.45, 7) is 5.48. The zero-order valence-electron chi connectivity index (χ0n) is 14.7. The summed E-state index contributed by atoms with van der Waals surface area (Å²) in [5.74, 6) is 0.251. The summed E-state index contributed by atoms with van der Waals surface area (Å²) in [6.07, 6.45) is 2.68. The highest BCUT2D eigenvalue weighted by Gasteiger charge is 2.26. The van der Waals surface area contributed by atoms with Gasteiger partial charge in [0.1, 0.15) is 0 Å². The first-order valence-corrected chi connectivity index (χ1v) is 9.37. The molecule has 1 unspecified atom stereocenters. The Morgan fingerprint density at radius 1 is 1.04 bits per heavy atom. The smallest absolute Gasteiger partial charge is 0.227 e. The Balaban J connectivity index is 1.42. The van der Waals surface area contributed by atoms with E-state index in [0.29, 0.717) is 12.5 Å². The van der Waals surface area contributed by atoms with Crippen LogP contribution >= 0.6 is 0 Å². The highest BCUT2D eigenvalue weighted by molar-refractivity contribution is 5.90. The van der Waals surface area contributed by atoms with Crippen molar-refractivity contribution in [2.24, 2.45) is 0 Å². The van der Waals surface area contributed by atoms with Gasteiger partial charge in [-0.1, -0.05) is 42.5 Å². The Morgan fingerprint density at radius 2 is 1.92 bits per heavy atom. The van der Waals surface area contributed by atoms with Gasteiger partial charge in [0.25, 0.3) is 0 Å². The maximum Gasteiger partial charge on any atom is 0.227 e. The van der Waals surface area contributed by atoms with Crippen molar-refractivity contribution in [1.29, 1.82) is 0 Å². The number of hydrogen-bond donors (Lipinski definition) is 0. The van der Waals surface area contributed by atoms with Crippen molar-refractivity contribution in [3.8, 4) is 0 Å². The molecular formula is C21H26N2O2. The lowest BCUT2D eigenvalue weighted by atomic mass is 10.0. The molecule has 0 radical (unpaired) electrons. The molecule has 0 aromatic heterocycles. The van der Waals surface area contributed by atoms with Gasteiger partial charge in [-0.2, -0.15) is 0 Å². The van der Waals surface area contributed by atoms with Gasteiger partial charge in [0.05, 0.1) is 13.0 Å². The van der Waals surface area contributed by atoms with Crippen LogP contribution in [0.2, 0.25) is 0 Å². The molecular weight excluding hydrogens is 312 g/mol. The summed E-state index contributed by atoms with van der Waals surface area (Å²) in [6, 6.07) is 15.1. The first-order valence-electron chi connectivity index (χ1n) is 9.37. The number of carbonyl (C=O) groups excluding carboxylic acids is 1. The zero-order valence-corrected chi connectivity index (χ0v) is 14.7. The predicted octanol–water partition coefficient (Wildman–Crippen LogP) is 2.71. The van der Waals surface area contributed by atoms with E-state index in [1.165, 1.54) is 10.8 Å². The van der Waals surface area contributed by atoms with Gasteiger partial charge in [0.2, 0.25) is 5.91 Å². The fourth-order valence-electron chi connectivity index (χ4n) is 4.08. The molecule has 0 bridgehead atoms. The van der Waals surface area contributed by atoms with Crippen LogP contribution < -0.4 is 0 Å². The molecule has 25 heavy (non-hydrogen) atoms. The lowest BCUT2D eigenvalue weighted by Gasteiger charge is -2.26. The number of carbonyl (C=O) groups is 1. The first-order chi connectivity index (χ1) is 12.3. The van der Waals surface area contributed by atoms with Crippen LogP contribution in [0.15, 0.2) is 42.5 Å². The van der Waals surface area contributed by atoms with Gasteiger partial charge in [-0.3, -0.25) is 9.69 Å². The van der Waals surface area contributed by atoms with Gasteiger partial charge in [-0.05, 0) is 29.2 Å². The van der Waals surface area contributed by atoms with Crippen LogP contribution in [0.25, 0.3) is 10.8 Å². The zero-order chi connectivity index (χ0) is 17.1. The van der Waals surface area contributed by atoms with Gasteiger partial charge in [-0.25, -0.2) is 0 Å². The summed E-state index contributed by atoms with van der Waals surface area (Å²) < 4.78 is 5.52. The minimum Gasteiger partial charge on any atom is -0.380 e. The molecule has 4 heteroatoms. The maximum atomic E-state index is 12.9. The van der Waals surface area contributed by atoms with E-state index in [1.807, 2.05) is 12.1 Å². The lowest BCUT2D eigenvalue weighted by Crippen LogP contribution is -2.40. The number of benzene rings is 2. The van der Waals surface area contributed by atoms with Crippen LogP contribution in [0.3, 0.4) is 0 Å². The van der Waals surface area contributed by atoms with Crippen molar-refractivity contribution < 1.29 is 9.53 Å². The molecule has 2 saturated heterocycles. The average Bonchev–Trinajstić information content (AvgIpc) is 3.06. The fourth-order valence-corrected chi connectivity index (χ4v) is 4.08. The largest absolute Gasteiger partial charge is 0.380 e. The van der Waals surface area contributed by atoms with Crippen LogP contribution in [0.5, 0.6) is 0 Å². The summed E-state index contributed by atoms with van der Waals surface area (Å²) in [4.78, 5) is 17.4. The maximum absolute atomic E-state index is 12.9. The molecule has 0 saturated carbocycles. The molecule has 2 aliphatic rings. The van der Waals surface area contributed by atoms with Crippen LogP contribution in [-0.4, -0.2) is 61.1 Å². The van der Waals surface area contributed by atoms with E-state index in [1.54, 1.807) is 0 Å². The second-order valence-corrected chi connectivity index (χ2v) is 7.10. The quantitative estimate of drug-likeness (QED) is 0.863. The molecule has 0 aliphatic carbocycles. The number of amides is 1. The van der Waals surface area contributed by atoms with E-state index in [2.05, 4.69) is 40.1 Å². The highest BCUT2D eigenvalue weighted by Crippen LogP contribution is 2.20. The Morgan fingerprint density at radius 3 is 2.80 bits per heavy atom. The van der Waals surface area contributed by atoms with Crippen LogP contribution in [0, 0.1) is 0 Å². The molecule has 2 fully saturated rings. The molecule has 4 nitrogen and oxygen atoms in total. The molecule has 4 rings (SSSR count). The van der Waals surface area contributed by atoms with Crippen molar-refractivity contribution in [3.05, 3.63) is 48.0 Å². The first kappa shape index (κ1) is 16.6. The summed E-state index contributed by atoms with van der Waals surface area (Å²) >= 11 is 0. The monoisotopic (exact) mass is 338 g/mol. The van der Waals surface area contributed by atoms with E-state index in [9.17, 15) is 4.79 Å². The summed E-state index contributed by atoms with van der Waals surface area (Å²) in [5, 5.41) is 2.40. The molecule has 1 atom stereocenters. The van der Waals surface area contributed by atoms with Gasteiger partial charge >= 0.3 is 0 Å². The molecule has 2 aromatic rings. The molecule has 132 valence electrons.